The molecule has 2 rings (SSSR count). The van der Waals surface area contributed by atoms with E-state index in [-0.39, 0.29) is 0 Å². The Morgan fingerprint density at radius 1 is 1.21 bits per heavy atom. The number of benzene rings is 1. The summed E-state index contributed by atoms with van der Waals surface area (Å²) in [5, 5.41) is 0. The van der Waals surface area contributed by atoms with E-state index in [2.05, 4.69) is 65.3 Å². The van der Waals surface area contributed by atoms with E-state index in [0.717, 1.165) is 16.7 Å². The van der Waals surface area contributed by atoms with Crippen LogP contribution >= 0.6 is 15.9 Å². The molecule has 1 heterocycles. The molecule has 0 atom stereocenters. The Hall–Kier alpha value is -1.35. The molecule has 2 aromatic rings. The number of aryl methyl sites for hydroxylation is 2. The van der Waals surface area contributed by atoms with Gasteiger partial charge in [-0.2, -0.15) is 0 Å². The molecule has 100 valence electrons. The lowest BCUT2D eigenvalue weighted by Crippen LogP contribution is -1.99. The van der Waals surface area contributed by atoms with Crippen molar-refractivity contribution < 1.29 is 0 Å². The summed E-state index contributed by atoms with van der Waals surface area (Å²) in [4.78, 5) is 4.61. The van der Waals surface area contributed by atoms with Crippen LogP contribution in [-0.2, 0) is 6.54 Å². The third-order valence-corrected chi connectivity index (χ3v) is 3.92. The van der Waals surface area contributed by atoms with Crippen LogP contribution in [0.2, 0.25) is 0 Å². The highest BCUT2D eigenvalue weighted by molar-refractivity contribution is 9.10. The lowest BCUT2D eigenvalue weighted by molar-refractivity contribution is 0.718. The Labute approximate surface area is 123 Å². The molecule has 0 N–H and O–H groups in total. The molecule has 1 aromatic heterocycles. The predicted octanol–water partition coefficient (Wildman–Crippen LogP) is 4.95. The van der Waals surface area contributed by atoms with Crippen molar-refractivity contribution >= 4 is 27.8 Å². The number of halogens is 1. The SMILES string of the molecule is CCn1c(C)cc(C=Nc2ccc(Br)cc2C)c1C. The zero-order valence-corrected chi connectivity index (χ0v) is 13.5. The molecule has 3 heteroatoms. The molecule has 0 saturated carbocycles. The Balaban J connectivity index is 2.33. The van der Waals surface area contributed by atoms with Gasteiger partial charge in [0.2, 0.25) is 0 Å². The first-order valence-corrected chi connectivity index (χ1v) is 7.29. The summed E-state index contributed by atoms with van der Waals surface area (Å²) < 4.78 is 3.39. The fraction of sp³-hybridized carbons (Fsp3) is 0.312. The summed E-state index contributed by atoms with van der Waals surface area (Å²) in [6.07, 6.45) is 1.96. The molecule has 0 amide bonds. The van der Waals surface area contributed by atoms with Crippen molar-refractivity contribution in [3.8, 4) is 0 Å². The van der Waals surface area contributed by atoms with Crippen molar-refractivity contribution in [1.29, 1.82) is 0 Å². The number of aliphatic imine (C=N–C) groups is 1. The smallest absolute Gasteiger partial charge is 0.0659 e. The van der Waals surface area contributed by atoms with Gasteiger partial charge in [-0.1, -0.05) is 15.9 Å². The number of hydrogen-bond acceptors (Lipinski definition) is 1. The van der Waals surface area contributed by atoms with Crippen LogP contribution in [0.25, 0.3) is 0 Å². The van der Waals surface area contributed by atoms with Gasteiger partial charge in [0, 0.05) is 34.2 Å². The molecule has 0 fully saturated rings. The van der Waals surface area contributed by atoms with Gasteiger partial charge in [-0.25, -0.2) is 0 Å². The highest BCUT2D eigenvalue weighted by Crippen LogP contribution is 2.23. The molecule has 2 nitrogen and oxygen atoms in total. The Morgan fingerprint density at radius 2 is 1.95 bits per heavy atom. The van der Waals surface area contributed by atoms with Crippen molar-refractivity contribution in [2.24, 2.45) is 4.99 Å². The van der Waals surface area contributed by atoms with E-state index in [1.807, 2.05) is 18.3 Å². The molecule has 19 heavy (non-hydrogen) atoms. The van der Waals surface area contributed by atoms with E-state index in [1.54, 1.807) is 0 Å². The average Bonchev–Trinajstić information content (AvgIpc) is 2.63. The van der Waals surface area contributed by atoms with Crippen LogP contribution in [-0.4, -0.2) is 10.8 Å². The molecule has 0 aliphatic carbocycles. The maximum Gasteiger partial charge on any atom is 0.0659 e. The topological polar surface area (TPSA) is 17.3 Å². The zero-order chi connectivity index (χ0) is 14.0. The molecule has 0 spiro atoms. The summed E-state index contributed by atoms with van der Waals surface area (Å²) in [5.74, 6) is 0. The van der Waals surface area contributed by atoms with Crippen LogP contribution in [0.15, 0.2) is 33.7 Å². The second kappa shape index (κ2) is 5.74. The highest BCUT2D eigenvalue weighted by Gasteiger charge is 2.05. The van der Waals surface area contributed by atoms with Crippen LogP contribution in [0.4, 0.5) is 5.69 Å². The Morgan fingerprint density at radius 3 is 2.53 bits per heavy atom. The second-order valence-corrected chi connectivity index (χ2v) is 5.68. The quantitative estimate of drug-likeness (QED) is 0.713. The minimum atomic E-state index is 1.00. The van der Waals surface area contributed by atoms with Crippen molar-refractivity contribution in [3.63, 3.8) is 0 Å². The van der Waals surface area contributed by atoms with Gasteiger partial charge in [0.05, 0.1) is 5.69 Å². The lowest BCUT2D eigenvalue weighted by atomic mass is 10.2. The van der Waals surface area contributed by atoms with Crippen molar-refractivity contribution in [2.75, 3.05) is 0 Å². The highest BCUT2D eigenvalue weighted by atomic mass is 79.9. The Kier molecular flexibility index (Phi) is 4.25. The number of aromatic nitrogens is 1. The van der Waals surface area contributed by atoms with Crippen LogP contribution < -0.4 is 0 Å². The Bertz CT molecular complexity index is 624. The average molecular weight is 319 g/mol. The minimum Gasteiger partial charge on any atom is -0.349 e. The van der Waals surface area contributed by atoms with Crippen molar-refractivity contribution in [2.45, 2.75) is 34.2 Å². The maximum atomic E-state index is 4.61. The van der Waals surface area contributed by atoms with Crippen LogP contribution in [0, 0.1) is 20.8 Å². The standard InChI is InChI=1S/C16H19BrN2/c1-5-19-12(3)9-14(13(19)4)10-18-16-7-6-15(17)8-11(16)2/h6-10H,5H2,1-4H3. The first-order valence-electron chi connectivity index (χ1n) is 6.50. The summed E-state index contributed by atoms with van der Waals surface area (Å²) in [6.45, 7) is 9.53. The molecule has 0 saturated heterocycles. The normalized spacial score (nSPS) is 11.4. The molecule has 0 radical (unpaired) electrons. The van der Waals surface area contributed by atoms with Crippen LogP contribution in [0.1, 0.15) is 29.4 Å². The number of rotatable bonds is 3. The molecule has 0 aliphatic heterocycles. The third kappa shape index (κ3) is 2.98. The molecule has 1 aromatic carbocycles. The fourth-order valence-corrected chi connectivity index (χ4v) is 2.82. The van der Waals surface area contributed by atoms with Gasteiger partial charge >= 0.3 is 0 Å². The molecule has 0 aliphatic rings. The van der Waals surface area contributed by atoms with Gasteiger partial charge in [0.15, 0.2) is 0 Å². The number of nitrogens with zero attached hydrogens (tertiary/aromatic N) is 2. The van der Waals surface area contributed by atoms with Gasteiger partial charge in [0.25, 0.3) is 0 Å². The van der Waals surface area contributed by atoms with Gasteiger partial charge < -0.3 is 4.57 Å². The van der Waals surface area contributed by atoms with Crippen LogP contribution in [0.3, 0.4) is 0 Å². The van der Waals surface area contributed by atoms with Crippen LogP contribution in [0.5, 0.6) is 0 Å². The van der Waals surface area contributed by atoms with E-state index >= 15 is 0 Å². The monoisotopic (exact) mass is 318 g/mol. The summed E-state index contributed by atoms with van der Waals surface area (Å²) in [5.41, 5.74) is 5.95. The van der Waals surface area contributed by atoms with E-state index < -0.39 is 0 Å². The third-order valence-electron chi connectivity index (χ3n) is 3.43. The lowest BCUT2D eigenvalue weighted by Gasteiger charge is -2.04. The predicted molar refractivity (Wildman–Crippen MR) is 85.7 cm³/mol. The van der Waals surface area contributed by atoms with Gasteiger partial charge in [-0.15, -0.1) is 0 Å². The maximum absolute atomic E-state index is 4.61. The van der Waals surface area contributed by atoms with Gasteiger partial charge in [-0.3, -0.25) is 4.99 Å². The molecular formula is C16H19BrN2. The largest absolute Gasteiger partial charge is 0.349 e. The minimum absolute atomic E-state index is 1.00. The summed E-state index contributed by atoms with van der Waals surface area (Å²) >= 11 is 3.47. The zero-order valence-electron chi connectivity index (χ0n) is 11.9. The van der Waals surface area contributed by atoms with Gasteiger partial charge in [-0.05, 0) is 57.5 Å². The van der Waals surface area contributed by atoms with Crippen molar-refractivity contribution in [3.05, 3.63) is 51.3 Å². The molecule has 0 unspecified atom stereocenters. The number of hydrogen-bond donors (Lipinski definition) is 0. The van der Waals surface area contributed by atoms with E-state index in [0.29, 0.717) is 0 Å². The first-order chi connectivity index (χ1) is 9.02. The van der Waals surface area contributed by atoms with Gasteiger partial charge in [0.1, 0.15) is 0 Å². The van der Waals surface area contributed by atoms with E-state index in [9.17, 15) is 0 Å². The molecular weight excluding hydrogens is 300 g/mol. The second-order valence-electron chi connectivity index (χ2n) is 4.76. The van der Waals surface area contributed by atoms with E-state index in [1.165, 1.54) is 22.5 Å². The summed E-state index contributed by atoms with van der Waals surface area (Å²) in [7, 11) is 0. The fourth-order valence-electron chi connectivity index (χ4n) is 2.35. The molecule has 0 bridgehead atoms. The van der Waals surface area contributed by atoms with Crippen molar-refractivity contribution in [1.82, 2.24) is 4.57 Å². The van der Waals surface area contributed by atoms with E-state index in [4.69, 9.17) is 0 Å². The first kappa shape index (κ1) is 14.1. The summed E-state index contributed by atoms with van der Waals surface area (Å²) in [6, 6.07) is 8.34.